The van der Waals surface area contributed by atoms with Crippen LogP contribution in [0.2, 0.25) is 0 Å². The maximum Gasteiger partial charge on any atom is 0.309 e. The lowest BCUT2D eigenvalue weighted by Gasteiger charge is -2.36. The molecule has 0 bridgehead atoms. The molecule has 2 heterocycles. The fourth-order valence-electron chi connectivity index (χ4n) is 5.39. The molecule has 41 heavy (non-hydrogen) atoms. The highest BCUT2D eigenvalue weighted by molar-refractivity contribution is 5.70. The molecule has 2 aliphatic rings. The molecular formula is C32H50O9. The highest BCUT2D eigenvalue weighted by atomic mass is 16.6. The molecule has 0 spiro atoms. The van der Waals surface area contributed by atoms with E-state index in [2.05, 4.69) is 13.0 Å². The number of aliphatic hydroxyl groups is 2. The molecule has 0 amide bonds. The van der Waals surface area contributed by atoms with Crippen molar-refractivity contribution in [2.45, 2.75) is 130 Å². The van der Waals surface area contributed by atoms with E-state index >= 15 is 0 Å². The van der Waals surface area contributed by atoms with Gasteiger partial charge >= 0.3 is 17.9 Å². The summed E-state index contributed by atoms with van der Waals surface area (Å²) >= 11 is 0. The molecule has 0 aromatic carbocycles. The Morgan fingerprint density at radius 2 is 1.88 bits per heavy atom. The summed E-state index contributed by atoms with van der Waals surface area (Å²) < 4.78 is 22.8. The summed E-state index contributed by atoms with van der Waals surface area (Å²) in [7, 11) is 0. The fourth-order valence-corrected chi connectivity index (χ4v) is 5.39. The minimum atomic E-state index is -1.23. The Labute approximate surface area is 244 Å². The number of epoxide rings is 1. The van der Waals surface area contributed by atoms with Crippen LogP contribution in [0.25, 0.3) is 0 Å². The highest BCUT2D eigenvalue weighted by Gasteiger charge is 2.45. The predicted octanol–water partition coefficient (Wildman–Crippen LogP) is 4.59. The summed E-state index contributed by atoms with van der Waals surface area (Å²) in [6.45, 7) is 14.1. The van der Waals surface area contributed by atoms with Gasteiger partial charge in [0, 0.05) is 25.7 Å². The van der Waals surface area contributed by atoms with Gasteiger partial charge in [-0.1, -0.05) is 52.0 Å². The van der Waals surface area contributed by atoms with E-state index in [4.69, 9.17) is 18.9 Å². The molecule has 2 aliphatic heterocycles. The Kier molecular flexibility index (Phi) is 13.3. The van der Waals surface area contributed by atoms with Gasteiger partial charge in [0.15, 0.2) is 6.10 Å². The Balaban J connectivity index is 2.21. The van der Waals surface area contributed by atoms with E-state index in [9.17, 15) is 24.6 Å². The van der Waals surface area contributed by atoms with Crippen molar-refractivity contribution in [2.24, 2.45) is 17.8 Å². The number of carbonyl (C=O) groups excluding carboxylic acids is 3. The van der Waals surface area contributed by atoms with Crippen LogP contribution in [0.1, 0.15) is 87.5 Å². The second-order valence-corrected chi connectivity index (χ2v) is 12.0. The van der Waals surface area contributed by atoms with E-state index in [0.717, 1.165) is 12.0 Å². The van der Waals surface area contributed by atoms with Crippen LogP contribution >= 0.6 is 0 Å². The van der Waals surface area contributed by atoms with Crippen molar-refractivity contribution >= 4 is 17.9 Å². The van der Waals surface area contributed by atoms with Gasteiger partial charge in [-0.2, -0.15) is 0 Å². The van der Waals surface area contributed by atoms with Crippen molar-refractivity contribution in [3.63, 3.8) is 0 Å². The largest absolute Gasteiger partial charge is 0.457 e. The van der Waals surface area contributed by atoms with E-state index < -0.39 is 41.8 Å². The summed E-state index contributed by atoms with van der Waals surface area (Å²) in [4.78, 5) is 36.6. The number of cyclic esters (lactones) is 1. The average Bonchev–Trinajstić information content (AvgIpc) is 3.64. The van der Waals surface area contributed by atoms with E-state index in [0.29, 0.717) is 6.42 Å². The van der Waals surface area contributed by atoms with Gasteiger partial charge in [-0.3, -0.25) is 14.4 Å². The van der Waals surface area contributed by atoms with Gasteiger partial charge in [0.05, 0.1) is 30.8 Å². The molecule has 0 aromatic heterocycles. The molecule has 1 fully saturated rings. The van der Waals surface area contributed by atoms with Crippen molar-refractivity contribution < 1.29 is 43.5 Å². The molecule has 9 nitrogen and oxygen atoms in total. The molecule has 9 heteroatoms. The molecule has 232 valence electrons. The van der Waals surface area contributed by atoms with Gasteiger partial charge in [-0.15, -0.1) is 0 Å². The monoisotopic (exact) mass is 578 g/mol. The summed E-state index contributed by atoms with van der Waals surface area (Å²) in [6.07, 6.45) is 8.38. The van der Waals surface area contributed by atoms with Gasteiger partial charge in [-0.05, 0) is 57.1 Å². The van der Waals surface area contributed by atoms with Crippen LogP contribution < -0.4 is 0 Å². The maximum atomic E-state index is 12.7. The lowest BCUT2D eigenvalue weighted by Crippen LogP contribution is -2.45. The Morgan fingerprint density at radius 3 is 2.49 bits per heavy atom. The molecule has 10 unspecified atom stereocenters. The number of hydrogen-bond donors (Lipinski definition) is 2. The summed E-state index contributed by atoms with van der Waals surface area (Å²) in [5, 5.41) is 20.6. The standard InChI is InChI=1S/C32H50O9/c1-9-26(36)22(5)31-27(39-31)17-19(2)11-10-12-20(3)30-21(4)13-14-28(38-23(6)33)32(8,41-24(7)34)16-15-25(35)18-29(37)40-30/h10-14,19,21-22,25-28,30-31,35-36H,9,15-18H2,1-8H3. The Bertz CT molecular complexity index is 986. The smallest absolute Gasteiger partial charge is 0.309 e. The summed E-state index contributed by atoms with van der Waals surface area (Å²) in [5.41, 5.74) is -0.425. The molecule has 0 saturated carbocycles. The van der Waals surface area contributed by atoms with Crippen molar-refractivity contribution in [3.05, 3.63) is 36.0 Å². The van der Waals surface area contributed by atoms with E-state index in [-0.39, 0.29) is 55.3 Å². The first-order valence-electron chi connectivity index (χ1n) is 14.8. The Morgan fingerprint density at radius 1 is 1.20 bits per heavy atom. The quantitative estimate of drug-likeness (QED) is 0.126. The van der Waals surface area contributed by atoms with Crippen LogP contribution in [0.15, 0.2) is 36.0 Å². The molecule has 0 aromatic rings. The first-order chi connectivity index (χ1) is 19.2. The van der Waals surface area contributed by atoms with Gasteiger partial charge in [0.2, 0.25) is 0 Å². The lowest BCUT2D eigenvalue weighted by molar-refractivity contribution is -0.178. The third kappa shape index (κ3) is 11.0. The van der Waals surface area contributed by atoms with Crippen LogP contribution in [0.4, 0.5) is 0 Å². The molecule has 1 saturated heterocycles. The minimum absolute atomic E-state index is 0.0928. The fraction of sp³-hybridized carbons (Fsp3) is 0.719. The molecular weight excluding hydrogens is 528 g/mol. The number of ether oxygens (including phenoxy) is 4. The third-order valence-electron chi connectivity index (χ3n) is 7.99. The van der Waals surface area contributed by atoms with E-state index in [1.54, 1.807) is 19.1 Å². The van der Waals surface area contributed by atoms with Gasteiger partial charge in [0.1, 0.15) is 11.7 Å². The van der Waals surface area contributed by atoms with Crippen LogP contribution in [-0.2, 0) is 33.3 Å². The number of rotatable bonds is 10. The topological polar surface area (TPSA) is 132 Å². The Hall–Kier alpha value is -2.49. The molecule has 10 atom stereocenters. The van der Waals surface area contributed by atoms with E-state index in [1.165, 1.54) is 13.8 Å². The minimum Gasteiger partial charge on any atom is -0.457 e. The average molecular weight is 579 g/mol. The number of aliphatic hydroxyl groups excluding tert-OH is 2. The van der Waals surface area contributed by atoms with Crippen LogP contribution in [-0.4, -0.2) is 70.3 Å². The van der Waals surface area contributed by atoms with Crippen molar-refractivity contribution in [3.8, 4) is 0 Å². The molecule has 2 rings (SSSR count). The summed E-state index contributed by atoms with van der Waals surface area (Å²) in [5.74, 6) is -1.56. The predicted molar refractivity (Wildman–Crippen MR) is 155 cm³/mol. The van der Waals surface area contributed by atoms with Gasteiger partial charge in [-0.25, -0.2) is 0 Å². The first kappa shape index (κ1) is 34.7. The van der Waals surface area contributed by atoms with Crippen molar-refractivity contribution in [2.75, 3.05) is 0 Å². The van der Waals surface area contributed by atoms with Gasteiger partial charge < -0.3 is 29.2 Å². The van der Waals surface area contributed by atoms with Crippen molar-refractivity contribution in [1.82, 2.24) is 0 Å². The third-order valence-corrected chi connectivity index (χ3v) is 7.99. The number of hydrogen-bond acceptors (Lipinski definition) is 9. The molecule has 2 N–H and O–H groups in total. The van der Waals surface area contributed by atoms with Crippen molar-refractivity contribution in [1.29, 1.82) is 0 Å². The number of esters is 3. The SMILES string of the molecule is CCC(O)C(C)C1OC1CC(C)C=CC=C(C)C1OC(=O)CC(O)CCC(C)(OC(C)=O)C(OC(C)=O)C=CC1C. The second-order valence-electron chi connectivity index (χ2n) is 12.0. The van der Waals surface area contributed by atoms with Crippen LogP contribution in [0.3, 0.4) is 0 Å². The second kappa shape index (κ2) is 15.7. The van der Waals surface area contributed by atoms with Gasteiger partial charge in [0.25, 0.3) is 0 Å². The number of carbonyl (C=O) groups is 3. The zero-order valence-electron chi connectivity index (χ0n) is 25.9. The highest BCUT2D eigenvalue weighted by Crippen LogP contribution is 2.36. The molecule has 0 radical (unpaired) electrons. The number of allylic oxidation sites excluding steroid dienone is 3. The van der Waals surface area contributed by atoms with E-state index in [1.807, 2.05) is 39.8 Å². The normalized spacial score (nSPS) is 33.6. The first-order valence-corrected chi connectivity index (χ1v) is 14.8. The van der Waals surface area contributed by atoms with Crippen LogP contribution in [0, 0.1) is 17.8 Å². The lowest BCUT2D eigenvalue weighted by atomic mass is 9.88. The maximum absolute atomic E-state index is 12.7. The van der Waals surface area contributed by atoms with Crippen LogP contribution in [0.5, 0.6) is 0 Å². The molecule has 0 aliphatic carbocycles. The summed E-state index contributed by atoms with van der Waals surface area (Å²) in [6, 6.07) is 0. The zero-order valence-corrected chi connectivity index (χ0v) is 25.9. The zero-order chi connectivity index (χ0) is 30.9.